The molecule has 0 aliphatic carbocycles. The van der Waals surface area contributed by atoms with Gasteiger partial charge in [-0.15, -0.1) is 11.3 Å². The average molecular weight is 403 g/mol. The summed E-state index contributed by atoms with van der Waals surface area (Å²) in [4.78, 5) is 33.8. The molecule has 0 bridgehead atoms. The van der Waals surface area contributed by atoms with Crippen molar-refractivity contribution >= 4 is 40.6 Å². The molecule has 1 aromatic carbocycles. The quantitative estimate of drug-likeness (QED) is 0.481. The van der Waals surface area contributed by atoms with Crippen molar-refractivity contribution in [2.45, 2.75) is 6.92 Å². The van der Waals surface area contributed by atoms with E-state index in [9.17, 15) is 9.59 Å². The van der Waals surface area contributed by atoms with E-state index in [1.807, 2.05) is 17.5 Å². The first-order valence-electron chi connectivity index (χ1n) is 7.98. The number of benzene rings is 1. The third-order valence-corrected chi connectivity index (χ3v) is 4.54. The van der Waals surface area contributed by atoms with Gasteiger partial charge in [0.1, 0.15) is 5.56 Å². The van der Waals surface area contributed by atoms with Crippen molar-refractivity contribution in [2.75, 3.05) is 12.0 Å². The average Bonchev–Trinajstić information content (AvgIpc) is 3.21. The Labute approximate surface area is 164 Å². The molecule has 138 valence electrons. The molecule has 9 heteroatoms. The third-order valence-electron chi connectivity index (χ3n) is 3.43. The third kappa shape index (κ3) is 4.60. The number of hydrogen-bond donors (Lipinski definition) is 2. The van der Waals surface area contributed by atoms with Gasteiger partial charge in [0.2, 0.25) is 0 Å². The first-order valence-corrected chi connectivity index (χ1v) is 9.24. The Balaban J connectivity index is 1.84. The molecular formula is C18H15ClN4O3S. The molecule has 0 aliphatic heterocycles. The minimum Gasteiger partial charge on any atom is -0.462 e. The van der Waals surface area contributed by atoms with E-state index < -0.39 is 11.9 Å². The van der Waals surface area contributed by atoms with Gasteiger partial charge in [-0.05, 0) is 42.6 Å². The predicted octanol–water partition coefficient (Wildman–Crippen LogP) is 3.79. The number of anilines is 1. The standard InChI is InChI=1S/C18H15ClN4O3S/c1-2-26-18(25)13-10-20-16(14-4-3-9-27-14)21-15(13)22-23-17(24)11-5-7-12(19)8-6-11/h3-10H,2H2,1H3,(H,23,24)(H,20,21,22). The minimum atomic E-state index is -0.585. The smallest absolute Gasteiger partial charge is 0.343 e. The number of esters is 1. The van der Waals surface area contributed by atoms with E-state index in [0.29, 0.717) is 16.4 Å². The van der Waals surface area contributed by atoms with Gasteiger partial charge in [0.15, 0.2) is 11.6 Å². The van der Waals surface area contributed by atoms with Gasteiger partial charge in [0, 0.05) is 16.8 Å². The van der Waals surface area contributed by atoms with Crippen molar-refractivity contribution in [1.29, 1.82) is 0 Å². The normalized spacial score (nSPS) is 10.3. The van der Waals surface area contributed by atoms with Gasteiger partial charge >= 0.3 is 5.97 Å². The van der Waals surface area contributed by atoms with Crippen molar-refractivity contribution in [3.63, 3.8) is 0 Å². The molecule has 2 heterocycles. The zero-order chi connectivity index (χ0) is 19.2. The number of hydrogen-bond acceptors (Lipinski definition) is 7. The molecule has 3 rings (SSSR count). The molecule has 0 radical (unpaired) electrons. The van der Waals surface area contributed by atoms with Crippen LogP contribution in [0.3, 0.4) is 0 Å². The number of aromatic nitrogens is 2. The molecule has 27 heavy (non-hydrogen) atoms. The van der Waals surface area contributed by atoms with Gasteiger partial charge in [-0.25, -0.2) is 14.8 Å². The number of thiophene rings is 1. The summed E-state index contributed by atoms with van der Waals surface area (Å²) in [6.07, 6.45) is 1.37. The highest BCUT2D eigenvalue weighted by Gasteiger charge is 2.18. The molecular weight excluding hydrogens is 388 g/mol. The summed E-state index contributed by atoms with van der Waals surface area (Å²) in [5, 5.41) is 2.42. The topological polar surface area (TPSA) is 93.2 Å². The zero-order valence-corrected chi connectivity index (χ0v) is 15.8. The van der Waals surface area contributed by atoms with Crippen molar-refractivity contribution in [3.05, 3.63) is 64.1 Å². The molecule has 2 aromatic heterocycles. The zero-order valence-electron chi connectivity index (χ0n) is 14.2. The van der Waals surface area contributed by atoms with E-state index in [-0.39, 0.29) is 18.0 Å². The molecule has 0 unspecified atom stereocenters. The summed E-state index contributed by atoms with van der Waals surface area (Å²) in [6, 6.07) is 10.1. The Morgan fingerprint density at radius 2 is 2.00 bits per heavy atom. The molecule has 3 aromatic rings. The predicted molar refractivity (Wildman–Crippen MR) is 104 cm³/mol. The van der Waals surface area contributed by atoms with Gasteiger partial charge in [0.05, 0.1) is 11.5 Å². The van der Waals surface area contributed by atoms with Crippen LogP contribution in [0.5, 0.6) is 0 Å². The maximum atomic E-state index is 12.3. The van der Waals surface area contributed by atoms with E-state index in [2.05, 4.69) is 20.8 Å². The van der Waals surface area contributed by atoms with E-state index >= 15 is 0 Å². The number of rotatable bonds is 6. The van der Waals surface area contributed by atoms with Crippen molar-refractivity contribution < 1.29 is 14.3 Å². The van der Waals surface area contributed by atoms with Crippen LogP contribution in [0.4, 0.5) is 5.82 Å². The van der Waals surface area contributed by atoms with Crippen LogP contribution in [0.1, 0.15) is 27.6 Å². The van der Waals surface area contributed by atoms with Gasteiger partial charge in [-0.3, -0.25) is 15.6 Å². The SMILES string of the molecule is CCOC(=O)c1cnc(-c2cccs2)nc1NNC(=O)c1ccc(Cl)cc1. The molecule has 0 spiro atoms. The molecule has 0 aliphatic rings. The Hall–Kier alpha value is -2.97. The second-order valence-electron chi connectivity index (χ2n) is 5.24. The molecule has 0 saturated carbocycles. The summed E-state index contributed by atoms with van der Waals surface area (Å²) in [6.45, 7) is 1.91. The summed E-state index contributed by atoms with van der Waals surface area (Å²) in [7, 11) is 0. The summed E-state index contributed by atoms with van der Waals surface area (Å²) in [5.41, 5.74) is 5.73. The Morgan fingerprint density at radius 1 is 1.22 bits per heavy atom. The van der Waals surface area contributed by atoms with E-state index in [4.69, 9.17) is 16.3 Å². The fourth-order valence-corrected chi connectivity index (χ4v) is 2.94. The second-order valence-corrected chi connectivity index (χ2v) is 6.62. The lowest BCUT2D eigenvalue weighted by Gasteiger charge is -2.12. The maximum absolute atomic E-state index is 12.3. The monoisotopic (exact) mass is 402 g/mol. The molecule has 0 fully saturated rings. The number of ether oxygens (including phenoxy) is 1. The molecule has 1 amide bonds. The number of hydrazine groups is 1. The van der Waals surface area contributed by atoms with Gasteiger partial charge < -0.3 is 4.74 Å². The van der Waals surface area contributed by atoms with Crippen LogP contribution in [-0.4, -0.2) is 28.5 Å². The molecule has 0 atom stereocenters. The van der Waals surface area contributed by atoms with Crippen molar-refractivity contribution in [3.8, 4) is 10.7 Å². The van der Waals surface area contributed by atoms with Gasteiger partial charge in [0.25, 0.3) is 5.91 Å². The molecule has 0 saturated heterocycles. The minimum absolute atomic E-state index is 0.119. The Bertz CT molecular complexity index is 946. The number of nitrogens with zero attached hydrogens (tertiary/aromatic N) is 2. The van der Waals surface area contributed by atoms with E-state index in [1.165, 1.54) is 17.5 Å². The van der Waals surface area contributed by atoms with Crippen molar-refractivity contribution in [2.24, 2.45) is 0 Å². The molecule has 2 N–H and O–H groups in total. The fourth-order valence-electron chi connectivity index (χ4n) is 2.15. The van der Waals surface area contributed by atoms with E-state index in [1.54, 1.807) is 31.2 Å². The van der Waals surface area contributed by atoms with Gasteiger partial charge in [-0.1, -0.05) is 17.7 Å². The maximum Gasteiger partial charge on any atom is 0.343 e. The van der Waals surface area contributed by atoms with Crippen LogP contribution in [0.15, 0.2) is 48.0 Å². The van der Waals surface area contributed by atoms with Crippen LogP contribution in [0.2, 0.25) is 5.02 Å². The Kier molecular flexibility index (Phi) is 6.00. The number of amides is 1. The van der Waals surface area contributed by atoms with Crippen LogP contribution in [0, 0.1) is 0 Å². The van der Waals surface area contributed by atoms with Crippen LogP contribution >= 0.6 is 22.9 Å². The lowest BCUT2D eigenvalue weighted by molar-refractivity contribution is 0.0526. The first kappa shape index (κ1) is 18.8. The largest absolute Gasteiger partial charge is 0.462 e. The van der Waals surface area contributed by atoms with Crippen molar-refractivity contribution in [1.82, 2.24) is 15.4 Å². The van der Waals surface area contributed by atoms with E-state index in [0.717, 1.165) is 4.88 Å². The Morgan fingerprint density at radius 3 is 2.67 bits per heavy atom. The lowest BCUT2D eigenvalue weighted by atomic mass is 10.2. The summed E-state index contributed by atoms with van der Waals surface area (Å²) >= 11 is 7.29. The lowest BCUT2D eigenvalue weighted by Crippen LogP contribution is -2.31. The highest BCUT2D eigenvalue weighted by atomic mass is 35.5. The van der Waals surface area contributed by atoms with Crippen LogP contribution in [0.25, 0.3) is 10.7 Å². The highest BCUT2D eigenvalue weighted by molar-refractivity contribution is 7.13. The van der Waals surface area contributed by atoms with Gasteiger partial charge in [-0.2, -0.15) is 0 Å². The fraction of sp³-hybridized carbons (Fsp3) is 0.111. The number of halogens is 1. The number of carbonyl (C=O) groups excluding carboxylic acids is 2. The second kappa shape index (κ2) is 8.61. The summed E-state index contributed by atoms with van der Waals surface area (Å²) < 4.78 is 5.02. The molecule has 7 nitrogen and oxygen atoms in total. The van der Waals surface area contributed by atoms with Crippen LogP contribution in [-0.2, 0) is 4.74 Å². The summed E-state index contributed by atoms with van der Waals surface area (Å²) in [5.74, 6) is -0.410. The first-order chi connectivity index (χ1) is 13.1. The van der Waals surface area contributed by atoms with Crippen LogP contribution < -0.4 is 10.9 Å². The number of nitrogens with one attached hydrogen (secondary N) is 2. The number of carbonyl (C=O) groups is 2. The highest BCUT2D eigenvalue weighted by Crippen LogP contribution is 2.23.